The summed E-state index contributed by atoms with van der Waals surface area (Å²) < 4.78 is 5.61. The molecule has 0 radical (unpaired) electrons. The monoisotopic (exact) mass is 423 g/mol. The van der Waals surface area contributed by atoms with Gasteiger partial charge in [0, 0.05) is 38.1 Å². The highest BCUT2D eigenvalue weighted by molar-refractivity contribution is 5.70. The molecule has 1 aromatic rings. The molecular formula is C24H33N5O2. The fraction of sp³-hybridized carbons (Fsp3) is 0.708. The largest absolute Gasteiger partial charge is 0.444 e. The number of nitriles is 1. The van der Waals surface area contributed by atoms with Crippen molar-refractivity contribution in [3.8, 4) is 6.07 Å². The number of amides is 1. The van der Waals surface area contributed by atoms with Crippen molar-refractivity contribution in [3.63, 3.8) is 0 Å². The van der Waals surface area contributed by atoms with E-state index in [1.807, 2.05) is 20.8 Å². The van der Waals surface area contributed by atoms with Gasteiger partial charge >= 0.3 is 6.09 Å². The molecule has 3 heterocycles. The Hall–Kier alpha value is -2.33. The van der Waals surface area contributed by atoms with E-state index in [2.05, 4.69) is 16.3 Å². The number of hydrogen-bond donors (Lipinski definition) is 1. The van der Waals surface area contributed by atoms with Gasteiger partial charge < -0.3 is 19.9 Å². The fourth-order valence-electron chi connectivity index (χ4n) is 4.95. The Balaban J connectivity index is 1.47. The van der Waals surface area contributed by atoms with Crippen LogP contribution in [0.1, 0.15) is 74.8 Å². The molecular weight excluding hydrogens is 390 g/mol. The summed E-state index contributed by atoms with van der Waals surface area (Å²) in [5.41, 5.74) is 3.51. The van der Waals surface area contributed by atoms with Crippen LogP contribution in [-0.4, -0.2) is 53.8 Å². The molecule has 0 unspecified atom stereocenters. The van der Waals surface area contributed by atoms with Crippen LogP contribution in [-0.2, 0) is 17.7 Å². The van der Waals surface area contributed by atoms with Gasteiger partial charge in [0.25, 0.3) is 0 Å². The molecule has 1 aromatic heterocycles. The maximum absolute atomic E-state index is 12.7. The smallest absolute Gasteiger partial charge is 0.410 e. The Morgan fingerprint density at radius 2 is 1.97 bits per heavy atom. The number of piperazine rings is 1. The zero-order valence-corrected chi connectivity index (χ0v) is 18.9. The lowest BCUT2D eigenvalue weighted by Gasteiger charge is -2.37. The number of carbonyl (C=O) groups excluding carboxylic acids is 1. The van der Waals surface area contributed by atoms with E-state index in [9.17, 15) is 10.1 Å². The second-order valence-electron chi connectivity index (χ2n) is 10.5. The lowest BCUT2D eigenvalue weighted by molar-refractivity contribution is 0.0223. The molecule has 5 rings (SSSR count). The average molecular weight is 424 g/mol. The normalized spacial score (nSPS) is 23.9. The Labute approximate surface area is 184 Å². The molecule has 31 heavy (non-hydrogen) atoms. The van der Waals surface area contributed by atoms with Gasteiger partial charge in [0.2, 0.25) is 0 Å². The van der Waals surface area contributed by atoms with E-state index in [-0.39, 0.29) is 6.09 Å². The van der Waals surface area contributed by atoms with Gasteiger partial charge in [0.15, 0.2) is 0 Å². The molecule has 1 amide bonds. The maximum Gasteiger partial charge on any atom is 0.410 e. The number of anilines is 1. The van der Waals surface area contributed by atoms with Crippen LogP contribution in [0, 0.1) is 17.2 Å². The Morgan fingerprint density at radius 1 is 1.19 bits per heavy atom. The molecule has 0 aromatic carbocycles. The quantitative estimate of drug-likeness (QED) is 0.803. The summed E-state index contributed by atoms with van der Waals surface area (Å²) in [6.07, 6.45) is 5.30. The van der Waals surface area contributed by atoms with E-state index in [0.717, 1.165) is 66.6 Å². The predicted octanol–water partition coefficient (Wildman–Crippen LogP) is 3.31. The SMILES string of the molecule is CC(C)(C)OC(=O)N1CCc2c(C#N)c(N3CCN[C@H](C4CC4)C3)nc(C3CC3)c2C1. The highest BCUT2D eigenvalue weighted by Gasteiger charge is 2.38. The minimum Gasteiger partial charge on any atom is -0.444 e. The fourth-order valence-corrected chi connectivity index (χ4v) is 4.95. The van der Waals surface area contributed by atoms with Gasteiger partial charge in [-0.25, -0.2) is 9.78 Å². The molecule has 2 aliphatic heterocycles. The number of hydrogen-bond acceptors (Lipinski definition) is 6. The highest BCUT2D eigenvalue weighted by Crippen LogP contribution is 2.45. The lowest BCUT2D eigenvalue weighted by Crippen LogP contribution is -2.52. The Bertz CT molecular complexity index is 923. The van der Waals surface area contributed by atoms with Crippen molar-refractivity contribution in [2.75, 3.05) is 31.1 Å². The molecule has 1 atom stereocenters. The molecule has 2 aliphatic carbocycles. The van der Waals surface area contributed by atoms with E-state index in [0.29, 0.717) is 31.5 Å². The van der Waals surface area contributed by atoms with Crippen LogP contribution >= 0.6 is 0 Å². The van der Waals surface area contributed by atoms with Gasteiger partial charge in [-0.1, -0.05) is 0 Å². The summed E-state index contributed by atoms with van der Waals surface area (Å²) in [5, 5.41) is 13.8. The second kappa shape index (κ2) is 7.67. The van der Waals surface area contributed by atoms with Gasteiger partial charge in [0.05, 0.1) is 17.8 Å². The summed E-state index contributed by atoms with van der Waals surface area (Å²) >= 11 is 0. The number of fused-ring (bicyclic) bond motifs is 1. The van der Waals surface area contributed by atoms with Crippen LogP contribution in [0.5, 0.6) is 0 Å². The van der Waals surface area contributed by atoms with Crippen molar-refractivity contribution >= 4 is 11.9 Å². The van der Waals surface area contributed by atoms with Crippen molar-refractivity contribution in [2.24, 2.45) is 5.92 Å². The summed E-state index contributed by atoms with van der Waals surface area (Å²) in [6.45, 7) is 9.50. The third-order valence-corrected chi connectivity index (χ3v) is 6.83. The van der Waals surface area contributed by atoms with Gasteiger partial charge in [-0.05, 0) is 69.9 Å². The summed E-state index contributed by atoms with van der Waals surface area (Å²) in [4.78, 5) is 21.9. The first-order chi connectivity index (χ1) is 14.8. The molecule has 7 heteroatoms. The number of nitrogens with zero attached hydrogens (tertiary/aromatic N) is 4. The molecule has 1 N–H and O–H groups in total. The predicted molar refractivity (Wildman–Crippen MR) is 118 cm³/mol. The van der Waals surface area contributed by atoms with E-state index in [1.54, 1.807) is 4.90 Å². The van der Waals surface area contributed by atoms with Gasteiger partial charge in [-0.3, -0.25) is 0 Å². The van der Waals surface area contributed by atoms with Crippen LogP contribution in [0.15, 0.2) is 0 Å². The summed E-state index contributed by atoms with van der Waals surface area (Å²) in [7, 11) is 0. The summed E-state index contributed by atoms with van der Waals surface area (Å²) in [5.74, 6) is 2.11. The minimum atomic E-state index is -0.517. The third-order valence-electron chi connectivity index (χ3n) is 6.83. The number of nitrogens with one attached hydrogen (secondary N) is 1. The average Bonchev–Trinajstić information content (AvgIpc) is 3.63. The highest BCUT2D eigenvalue weighted by atomic mass is 16.6. The topological polar surface area (TPSA) is 81.5 Å². The number of aromatic nitrogens is 1. The number of ether oxygens (including phenoxy) is 1. The lowest BCUT2D eigenvalue weighted by atomic mass is 9.92. The van der Waals surface area contributed by atoms with E-state index in [4.69, 9.17) is 9.72 Å². The van der Waals surface area contributed by atoms with Crippen molar-refractivity contribution in [1.29, 1.82) is 5.26 Å². The number of rotatable bonds is 3. The first-order valence-electron chi connectivity index (χ1n) is 11.8. The van der Waals surface area contributed by atoms with Crippen LogP contribution < -0.4 is 10.2 Å². The molecule has 0 spiro atoms. The Morgan fingerprint density at radius 3 is 2.61 bits per heavy atom. The molecule has 166 valence electrons. The maximum atomic E-state index is 12.7. The van der Waals surface area contributed by atoms with Gasteiger partial charge in [-0.2, -0.15) is 5.26 Å². The van der Waals surface area contributed by atoms with Crippen molar-refractivity contribution in [3.05, 3.63) is 22.4 Å². The molecule has 2 saturated carbocycles. The molecule has 1 saturated heterocycles. The van der Waals surface area contributed by atoms with Crippen LogP contribution in [0.4, 0.5) is 10.6 Å². The molecule has 0 bridgehead atoms. The third kappa shape index (κ3) is 4.23. The number of pyridine rings is 1. The van der Waals surface area contributed by atoms with E-state index >= 15 is 0 Å². The van der Waals surface area contributed by atoms with Crippen molar-refractivity contribution < 1.29 is 9.53 Å². The van der Waals surface area contributed by atoms with Crippen LogP contribution in [0.3, 0.4) is 0 Å². The van der Waals surface area contributed by atoms with Crippen molar-refractivity contribution in [2.45, 2.75) is 77.0 Å². The standard InChI is InChI=1S/C24H33N5O2/c1-24(2,3)31-23(30)29-10-8-17-18(12-25)22(27-21(16-6-7-16)19(17)13-29)28-11-9-26-20(14-28)15-4-5-15/h15-16,20,26H,4-11,13-14H2,1-3H3/t20-/m0/s1. The van der Waals surface area contributed by atoms with Gasteiger partial charge in [-0.15, -0.1) is 0 Å². The molecule has 4 aliphatic rings. The van der Waals surface area contributed by atoms with Crippen LogP contribution in [0.25, 0.3) is 0 Å². The van der Waals surface area contributed by atoms with E-state index < -0.39 is 5.60 Å². The van der Waals surface area contributed by atoms with Crippen molar-refractivity contribution in [1.82, 2.24) is 15.2 Å². The first kappa shape index (κ1) is 20.6. The van der Waals surface area contributed by atoms with Gasteiger partial charge in [0.1, 0.15) is 17.5 Å². The minimum absolute atomic E-state index is 0.281. The zero-order valence-electron chi connectivity index (χ0n) is 18.9. The second-order valence-corrected chi connectivity index (χ2v) is 10.5. The molecule has 3 fully saturated rings. The zero-order chi connectivity index (χ0) is 21.8. The number of carbonyl (C=O) groups is 1. The molecule has 7 nitrogen and oxygen atoms in total. The first-order valence-corrected chi connectivity index (χ1v) is 11.8. The van der Waals surface area contributed by atoms with Crippen LogP contribution in [0.2, 0.25) is 0 Å². The van der Waals surface area contributed by atoms with E-state index in [1.165, 1.54) is 12.8 Å². The summed E-state index contributed by atoms with van der Waals surface area (Å²) in [6, 6.07) is 3.00. The Kier molecular flexibility index (Phi) is 5.09.